The fourth-order valence-corrected chi connectivity index (χ4v) is 10.3. The second-order valence-electron chi connectivity index (χ2n) is 13.2. The molecule has 2 saturated heterocycles. The number of ether oxygens (including phenoxy) is 2. The third-order valence-corrected chi connectivity index (χ3v) is 11.9. The monoisotopic (exact) mass is 432 g/mol. The lowest BCUT2D eigenvalue weighted by atomic mass is 9.43. The lowest BCUT2D eigenvalue weighted by Gasteiger charge is -2.62. The van der Waals surface area contributed by atoms with Crippen molar-refractivity contribution in [2.75, 3.05) is 6.61 Å². The summed E-state index contributed by atoms with van der Waals surface area (Å²) in [4.78, 5) is 0. The van der Waals surface area contributed by atoms with Crippen LogP contribution in [0.5, 0.6) is 0 Å². The van der Waals surface area contributed by atoms with E-state index in [2.05, 4.69) is 27.7 Å². The van der Waals surface area contributed by atoms with Crippen molar-refractivity contribution in [2.45, 2.75) is 110 Å². The van der Waals surface area contributed by atoms with Crippen LogP contribution in [0.3, 0.4) is 0 Å². The lowest BCUT2D eigenvalue weighted by molar-refractivity contribution is -0.273. The standard InChI is InChI=1S/C27H44O4/c1-15-5-10-27(30-14-15)16(2)24-23(31-27)13-20-18-12-22(29)21-11-17(28)6-8-25(21,3)19(18)7-9-26(20,24)4/h15-24,28-29H,5-14H2,1-4H3/t15-,16+,17+,18-,19-,20+,21-,22-,23+,24+,25-,26+,27-/m1/s1. The molecule has 6 rings (SSSR count). The first kappa shape index (κ1) is 21.4. The van der Waals surface area contributed by atoms with Crippen LogP contribution in [0, 0.1) is 52.3 Å². The zero-order chi connectivity index (χ0) is 21.8. The summed E-state index contributed by atoms with van der Waals surface area (Å²) in [6, 6.07) is 0. The first-order valence-electron chi connectivity index (χ1n) is 13.4. The first-order chi connectivity index (χ1) is 14.7. The molecule has 0 aromatic heterocycles. The minimum atomic E-state index is -0.338. The van der Waals surface area contributed by atoms with Gasteiger partial charge in [0.1, 0.15) is 0 Å². The summed E-state index contributed by atoms with van der Waals surface area (Å²) in [6.45, 7) is 10.6. The van der Waals surface area contributed by atoms with E-state index in [1.807, 2.05) is 0 Å². The Balaban J connectivity index is 1.28. The Labute approximate surface area is 188 Å². The molecule has 0 radical (unpaired) electrons. The van der Waals surface area contributed by atoms with Gasteiger partial charge in [-0.05, 0) is 97.7 Å². The third kappa shape index (κ3) is 2.80. The van der Waals surface area contributed by atoms with E-state index in [1.54, 1.807) is 0 Å². The topological polar surface area (TPSA) is 58.9 Å². The average molecular weight is 433 g/mol. The largest absolute Gasteiger partial charge is 0.393 e. The van der Waals surface area contributed by atoms with E-state index >= 15 is 0 Å². The van der Waals surface area contributed by atoms with Crippen LogP contribution in [-0.4, -0.2) is 40.9 Å². The number of aliphatic hydroxyl groups excluding tert-OH is 2. The molecule has 4 aliphatic carbocycles. The molecule has 0 aromatic rings. The highest BCUT2D eigenvalue weighted by Gasteiger charge is 2.69. The van der Waals surface area contributed by atoms with Crippen LogP contribution in [-0.2, 0) is 9.47 Å². The van der Waals surface area contributed by atoms with Crippen LogP contribution in [0.4, 0.5) is 0 Å². The van der Waals surface area contributed by atoms with E-state index in [4.69, 9.17) is 9.47 Å². The van der Waals surface area contributed by atoms with Crippen LogP contribution >= 0.6 is 0 Å². The Bertz CT molecular complexity index is 716. The van der Waals surface area contributed by atoms with Gasteiger partial charge in [0, 0.05) is 12.3 Å². The summed E-state index contributed by atoms with van der Waals surface area (Å²) >= 11 is 0. The predicted octanol–water partition coefficient (Wildman–Crippen LogP) is 4.76. The van der Waals surface area contributed by atoms with Crippen molar-refractivity contribution in [3.63, 3.8) is 0 Å². The Morgan fingerprint density at radius 3 is 2.32 bits per heavy atom. The predicted molar refractivity (Wildman–Crippen MR) is 119 cm³/mol. The molecule has 13 atom stereocenters. The Morgan fingerprint density at radius 1 is 0.806 bits per heavy atom. The minimum absolute atomic E-state index is 0.191. The van der Waals surface area contributed by atoms with Crippen LogP contribution in [0.1, 0.15) is 85.5 Å². The number of fused-ring (bicyclic) bond motifs is 7. The number of hydrogen-bond donors (Lipinski definition) is 2. The highest BCUT2D eigenvalue weighted by Crippen LogP contribution is 2.71. The van der Waals surface area contributed by atoms with Crippen molar-refractivity contribution in [1.82, 2.24) is 0 Å². The van der Waals surface area contributed by atoms with Gasteiger partial charge in [0.2, 0.25) is 0 Å². The molecule has 176 valence electrons. The quantitative estimate of drug-likeness (QED) is 0.579. The summed E-state index contributed by atoms with van der Waals surface area (Å²) in [5, 5.41) is 21.5. The smallest absolute Gasteiger partial charge is 0.171 e. The molecule has 4 heteroatoms. The van der Waals surface area contributed by atoms with Gasteiger partial charge >= 0.3 is 0 Å². The number of rotatable bonds is 0. The molecule has 6 aliphatic rings. The van der Waals surface area contributed by atoms with Crippen molar-refractivity contribution in [1.29, 1.82) is 0 Å². The number of aliphatic hydroxyl groups is 2. The van der Waals surface area contributed by atoms with E-state index < -0.39 is 0 Å². The maximum absolute atomic E-state index is 11.2. The van der Waals surface area contributed by atoms with Gasteiger partial charge in [0.05, 0.1) is 24.9 Å². The van der Waals surface area contributed by atoms with Gasteiger partial charge in [0.25, 0.3) is 0 Å². The van der Waals surface area contributed by atoms with Gasteiger partial charge in [-0.15, -0.1) is 0 Å². The molecule has 0 amide bonds. The second-order valence-corrected chi connectivity index (χ2v) is 13.2. The molecule has 4 nitrogen and oxygen atoms in total. The third-order valence-electron chi connectivity index (χ3n) is 11.9. The Morgan fingerprint density at radius 2 is 1.58 bits per heavy atom. The van der Waals surface area contributed by atoms with Crippen LogP contribution in [0.15, 0.2) is 0 Å². The zero-order valence-electron chi connectivity index (χ0n) is 20.1. The van der Waals surface area contributed by atoms with Gasteiger partial charge < -0.3 is 19.7 Å². The Hall–Kier alpha value is -0.160. The normalized spacial score (nSPS) is 63.3. The number of hydrogen-bond acceptors (Lipinski definition) is 4. The fourth-order valence-electron chi connectivity index (χ4n) is 10.3. The highest BCUT2D eigenvalue weighted by atomic mass is 16.7. The molecular formula is C27H44O4. The van der Waals surface area contributed by atoms with Gasteiger partial charge in [-0.2, -0.15) is 0 Å². The van der Waals surface area contributed by atoms with Crippen molar-refractivity contribution >= 4 is 0 Å². The lowest BCUT2D eigenvalue weighted by Crippen LogP contribution is -2.58. The van der Waals surface area contributed by atoms with E-state index in [9.17, 15) is 10.2 Å². The second kappa shape index (κ2) is 6.93. The van der Waals surface area contributed by atoms with Crippen molar-refractivity contribution in [2.24, 2.45) is 52.3 Å². The average Bonchev–Trinajstić information content (AvgIpc) is 3.17. The molecule has 6 fully saturated rings. The highest BCUT2D eigenvalue weighted by molar-refractivity contribution is 5.16. The van der Waals surface area contributed by atoms with Gasteiger partial charge in [-0.25, -0.2) is 0 Å². The van der Waals surface area contributed by atoms with Crippen LogP contribution in [0.2, 0.25) is 0 Å². The van der Waals surface area contributed by atoms with E-state index in [0.29, 0.717) is 47.0 Å². The van der Waals surface area contributed by atoms with Crippen molar-refractivity contribution in [3.05, 3.63) is 0 Å². The molecule has 0 bridgehead atoms. The summed E-state index contributed by atoms with van der Waals surface area (Å²) < 4.78 is 13.3. The molecule has 2 N–H and O–H groups in total. The summed E-state index contributed by atoms with van der Waals surface area (Å²) in [5.74, 6) is 3.58. The van der Waals surface area contributed by atoms with E-state index in [1.165, 1.54) is 19.3 Å². The molecule has 4 saturated carbocycles. The zero-order valence-corrected chi connectivity index (χ0v) is 20.1. The molecule has 0 aromatic carbocycles. The fraction of sp³-hybridized carbons (Fsp3) is 1.00. The molecule has 2 aliphatic heterocycles. The van der Waals surface area contributed by atoms with Crippen LogP contribution < -0.4 is 0 Å². The first-order valence-corrected chi connectivity index (χ1v) is 13.4. The van der Waals surface area contributed by atoms with Crippen molar-refractivity contribution < 1.29 is 19.7 Å². The minimum Gasteiger partial charge on any atom is -0.393 e. The van der Waals surface area contributed by atoms with Gasteiger partial charge in [-0.1, -0.05) is 27.7 Å². The maximum atomic E-state index is 11.2. The molecule has 31 heavy (non-hydrogen) atoms. The summed E-state index contributed by atoms with van der Waals surface area (Å²) in [5.41, 5.74) is 0.495. The Kier molecular flexibility index (Phi) is 4.78. The SMILES string of the molecule is C[C@@H]1CC[C@@]2(OC1)O[C@H]1C[C@H]3[C@@H]4C[C@@H](O)[C@H]5C[C@@H](O)CC[C@]5(C)[C@@H]4CC[C@]3(C)[C@H]1[C@@H]2C. The van der Waals surface area contributed by atoms with E-state index in [-0.39, 0.29) is 29.3 Å². The molecule has 0 unspecified atom stereocenters. The summed E-state index contributed by atoms with van der Waals surface area (Å²) in [6.07, 6.45) is 9.58. The molecular weight excluding hydrogens is 388 g/mol. The molecule has 2 heterocycles. The van der Waals surface area contributed by atoms with Crippen LogP contribution in [0.25, 0.3) is 0 Å². The summed E-state index contributed by atoms with van der Waals surface area (Å²) in [7, 11) is 0. The van der Waals surface area contributed by atoms with Gasteiger partial charge in [-0.3, -0.25) is 0 Å². The maximum Gasteiger partial charge on any atom is 0.171 e. The van der Waals surface area contributed by atoms with E-state index in [0.717, 1.165) is 45.1 Å². The molecule has 1 spiro atoms. The van der Waals surface area contributed by atoms with Crippen molar-refractivity contribution in [3.8, 4) is 0 Å². The van der Waals surface area contributed by atoms with Gasteiger partial charge in [0.15, 0.2) is 5.79 Å².